The molecule has 0 amide bonds. The van der Waals surface area contributed by atoms with Crippen molar-refractivity contribution in [2.75, 3.05) is 20.0 Å². The lowest BCUT2D eigenvalue weighted by Crippen LogP contribution is -2.13. The van der Waals surface area contributed by atoms with E-state index >= 15 is 0 Å². The molecule has 0 bridgehead atoms. The van der Waals surface area contributed by atoms with Crippen LogP contribution in [0.3, 0.4) is 0 Å². The molecular weight excluding hydrogens is 416 g/mol. The molecule has 2 aromatic rings. The van der Waals surface area contributed by atoms with Crippen LogP contribution in [0.5, 0.6) is 0 Å². The highest BCUT2D eigenvalue weighted by molar-refractivity contribution is 9.10. The topological polar surface area (TPSA) is 118 Å². The van der Waals surface area contributed by atoms with E-state index in [1.807, 2.05) is 0 Å². The van der Waals surface area contributed by atoms with Crippen molar-refractivity contribution in [3.63, 3.8) is 0 Å². The van der Waals surface area contributed by atoms with E-state index in [0.29, 0.717) is 4.47 Å². The molecule has 0 aliphatic carbocycles. The highest BCUT2D eigenvalue weighted by Gasteiger charge is 2.28. The molecule has 0 atom stereocenters. The normalized spacial score (nSPS) is 10.2. The number of hydrogen-bond donors (Lipinski definition) is 1. The van der Waals surface area contributed by atoms with Crippen molar-refractivity contribution in [3.8, 4) is 0 Å². The summed E-state index contributed by atoms with van der Waals surface area (Å²) in [5, 5.41) is 0.0717. The smallest absolute Gasteiger partial charge is 0.348 e. The standard InChI is InChI=1S/C15H13BrN2O6S/c1-22-14(20)10-9(11(15(21)23-2)25-12(10)17)6-24-13(19)7-3-8(16)5-18-4-7/h3-5H,6,17H2,1-2H3. The Morgan fingerprint density at radius 1 is 1.16 bits per heavy atom. The Balaban J connectivity index is 2.32. The second-order valence-corrected chi connectivity index (χ2v) is 6.57. The molecule has 132 valence electrons. The van der Waals surface area contributed by atoms with Crippen LogP contribution in [0.4, 0.5) is 5.00 Å². The molecule has 2 heterocycles. The third-order valence-electron chi connectivity index (χ3n) is 3.08. The summed E-state index contributed by atoms with van der Waals surface area (Å²) in [7, 11) is 2.37. The summed E-state index contributed by atoms with van der Waals surface area (Å²) < 4.78 is 15.1. The maximum atomic E-state index is 12.1. The zero-order valence-electron chi connectivity index (χ0n) is 13.2. The number of methoxy groups -OCH3 is 2. The van der Waals surface area contributed by atoms with Gasteiger partial charge < -0.3 is 19.9 Å². The van der Waals surface area contributed by atoms with Gasteiger partial charge in [-0.25, -0.2) is 14.4 Å². The van der Waals surface area contributed by atoms with Crippen molar-refractivity contribution in [3.05, 3.63) is 44.5 Å². The van der Waals surface area contributed by atoms with Crippen molar-refractivity contribution >= 4 is 50.2 Å². The molecule has 0 aliphatic heterocycles. The number of carbonyl (C=O) groups excluding carboxylic acids is 3. The number of hydrogen-bond acceptors (Lipinski definition) is 9. The Bertz CT molecular complexity index is 835. The summed E-state index contributed by atoms with van der Waals surface area (Å²) in [5.41, 5.74) is 6.12. The van der Waals surface area contributed by atoms with Gasteiger partial charge in [0, 0.05) is 22.4 Å². The van der Waals surface area contributed by atoms with Crippen LogP contribution >= 0.6 is 27.3 Å². The molecule has 0 aliphatic rings. The molecule has 0 saturated heterocycles. The lowest BCUT2D eigenvalue weighted by molar-refractivity contribution is 0.0452. The van der Waals surface area contributed by atoms with Crippen LogP contribution in [-0.2, 0) is 20.8 Å². The van der Waals surface area contributed by atoms with Crippen molar-refractivity contribution < 1.29 is 28.6 Å². The second-order valence-electron chi connectivity index (χ2n) is 4.60. The minimum absolute atomic E-state index is 0.0203. The van der Waals surface area contributed by atoms with Gasteiger partial charge in [0.15, 0.2) is 0 Å². The molecular formula is C15H13BrN2O6S. The van der Waals surface area contributed by atoms with Crippen LogP contribution < -0.4 is 5.73 Å². The van der Waals surface area contributed by atoms with Crippen LogP contribution in [-0.4, -0.2) is 37.1 Å². The molecule has 0 unspecified atom stereocenters. The van der Waals surface area contributed by atoms with Gasteiger partial charge in [0.2, 0.25) is 0 Å². The van der Waals surface area contributed by atoms with Gasteiger partial charge in [-0.05, 0) is 22.0 Å². The molecule has 0 saturated carbocycles. The van der Waals surface area contributed by atoms with E-state index in [1.165, 1.54) is 32.7 Å². The highest BCUT2D eigenvalue weighted by Crippen LogP contribution is 2.33. The predicted octanol–water partition coefficient (Wildman–Crippen LogP) is 2.42. The first-order valence-corrected chi connectivity index (χ1v) is 8.35. The van der Waals surface area contributed by atoms with Crippen LogP contribution in [0.25, 0.3) is 0 Å². The minimum Gasteiger partial charge on any atom is -0.465 e. The van der Waals surface area contributed by atoms with Gasteiger partial charge in [0.1, 0.15) is 22.0 Å². The first kappa shape index (κ1) is 18.9. The zero-order chi connectivity index (χ0) is 18.6. The van der Waals surface area contributed by atoms with E-state index in [-0.39, 0.29) is 33.2 Å². The lowest BCUT2D eigenvalue weighted by atomic mass is 10.1. The summed E-state index contributed by atoms with van der Waals surface area (Å²) >= 11 is 4.06. The van der Waals surface area contributed by atoms with Gasteiger partial charge in [-0.2, -0.15) is 0 Å². The van der Waals surface area contributed by atoms with E-state index in [0.717, 1.165) is 11.3 Å². The number of carbonyl (C=O) groups is 3. The molecule has 0 spiro atoms. The van der Waals surface area contributed by atoms with E-state index in [4.69, 9.17) is 10.5 Å². The lowest BCUT2D eigenvalue weighted by Gasteiger charge is -2.08. The molecule has 0 aromatic carbocycles. The minimum atomic E-state index is -0.737. The average Bonchev–Trinajstić information content (AvgIpc) is 2.94. The quantitative estimate of drug-likeness (QED) is 0.569. The number of esters is 3. The summed E-state index contributed by atoms with van der Waals surface area (Å²) in [4.78, 5) is 39.9. The van der Waals surface area contributed by atoms with Gasteiger partial charge in [0.05, 0.1) is 19.8 Å². The van der Waals surface area contributed by atoms with E-state index in [1.54, 1.807) is 0 Å². The van der Waals surface area contributed by atoms with Crippen LogP contribution in [0.2, 0.25) is 0 Å². The molecule has 2 aromatic heterocycles. The first-order valence-electron chi connectivity index (χ1n) is 6.74. The highest BCUT2D eigenvalue weighted by atomic mass is 79.9. The summed E-state index contributed by atoms with van der Waals surface area (Å²) in [6, 6.07) is 1.53. The Hall–Kier alpha value is -2.46. The Morgan fingerprint density at radius 3 is 2.44 bits per heavy atom. The fraction of sp³-hybridized carbons (Fsp3) is 0.200. The van der Waals surface area contributed by atoms with Gasteiger partial charge in [-0.15, -0.1) is 11.3 Å². The van der Waals surface area contributed by atoms with Crippen molar-refractivity contribution in [2.24, 2.45) is 0 Å². The number of halogens is 1. The van der Waals surface area contributed by atoms with Crippen molar-refractivity contribution in [1.29, 1.82) is 0 Å². The summed E-state index contributed by atoms with van der Waals surface area (Å²) in [6.45, 7) is -0.353. The van der Waals surface area contributed by atoms with Crippen molar-refractivity contribution in [1.82, 2.24) is 4.98 Å². The maximum absolute atomic E-state index is 12.1. The monoisotopic (exact) mass is 428 g/mol. The number of thiophene rings is 1. The molecule has 2 N–H and O–H groups in total. The Morgan fingerprint density at radius 2 is 1.84 bits per heavy atom. The molecule has 10 heteroatoms. The van der Waals surface area contributed by atoms with Crippen LogP contribution in [0.15, 0.2) is 22.9 Å². The first-order chi connectivity index (χ1) is 11.9. The van der Waals surface area contributed by atoms with Gasteiger partial charge in [0.25, 0.3) is 0 Å². The van der Waals surface area contributed by atoms with Gasteiger partial charge in [-0.1, -0.05) is 0 Å². The van der Waals surface area contributed by atoms with Crippen molar-refractivity contribution in [2.45, 2.75) is 6.61 Å². The molecule has 8 nitrogen and oxygen atoms in total. The number of aromatic nitrogens is 1. The number of pyridine rings is 1. The van der Waals surface area contributed by atoms with E-state index in [2.05, 4.69) is 30.4 Å². The summed E-state index contributed by atoms with van der Waals surface area (Å²) in [6.07, 6.45) is 2.85. The SMILES string of the molecule is COC(=O)c1sc(N)c(C(=O)OC)c1COC(=O)c1cncc(Br)c1. The average molecular weight is 429 g/mol. The Kier molecular flexibility index (Phi) is 6.10. The molecule has 0 radical (unpaired) electrons. The van der Waals surface area contributed by atoms with Crippen LogP contribution in [0.1, 0.15) is 36.0 Å². The number of nitrogens with zero attached hydrogens (tertiary/aromatic N) is 1. The van der Waals surface area contributed by atoms with Gasteiger partial charge in [-0.3, -0.25) is 4.98 Å². The number of ether oxygens (including phenoxy) is 3. The van der Waals surface area contributed by atoms with Gasteiger partial charge >= 0.3 is 17.9 Å². The fourth-order valence-electron chi connectivity index (χ4n) is 1.95. The third-order valence-corrected chi connectivity index (χ3v) is 4.56. The fourth-order valence-corrected chi connectivity index (χ4v) is 3.29. The Labute approximate surface area is 155 Å². The molecule has 0 fully saturated rings. The second kappa shape index (κ2) is 8.08. The van der Waals surface area contributed by atoms with E-state index < -0.39 is 17.9 Å². The third kappa shape index (κ3) is 4.15. The zero-order valence-corrected chi connectivity index (χ0v) is 15.6. The predicted molar refractivity (Wildman–Crippen MR) is 92.5 cm³/mol. The van der Waals surface area contributed by atoms with Crippen LogP contribution in [0, 0.1) is 0 Å². The number of rotatable bonds is 5. The molecule has 25 heavy (non-hydrogen) atoms. The number of anilines is 1. The maximum Gasteiger partial charge on any atom is 0.348 e. The number of nitrogen functional groups attached to an aromatic ring is 1. The molecule has 2 rings (SSSR count). The number of nitrogens with two attached hydrogens (primary N) is 1. The summed E-state index contributed by atoms with van der Waals surface area (Å²) in [5.74, 6) is -2.11. The largest absolute Gasteiger partial charge is 0.465 e. The van der Waals surface area contributed by atoms with E-state index in [9.17, 15) is 14.4 Å².